The number of anilines is 1. The molecule has 1 fully saturated rings. The topological polar surface area (TPSA) is 38.0 Å². The van der Waals surface area contributed by atoms with Crippen LogP contribution in [0.25, 0.3) is 0 Å². The highest BCUT2D eigenvalue weighted by molar-refractivity contribution is 14.1. The standard InChI is InChI=1S/C13H19IN2/c1-9-5-6-12(8-13(9)14)16-11-4-2-3-10(15)7-11/h5-6,8,10-11,16H,2-4,7,15H2,1H3. The summed E-state index contributed by atoms with van der Waals surface area (Å²) in [5.41, 5.74) is 8.56. The Labute approximate surface area is 111 Å². The summed E-state index contributed by atoms with van der Waals surface area (Å²) in [7, 11) is 0. The van der Waals surface area contributed by atoms with Gasteiger partial charge in [0.1, 0.15) is 0 Å². The van der Waals surface area contributed by atoms with E-state index in [0.717, 1.165) is 6.42 Å². The molecule has 3 N–H and O–H groups in total. The average molecular weight is 330 g/mol. The molecule has 0 heterocycles. The van der Waals surface area contributed by atoms with Gasteiger partial charge in [0.2, 0.25) is 0 Å². The first kappa shape index (κ1) is 12.2. The first-order chi connectivity index (χ1) is 7.65. The van der Waals surface area contributed by atoms with Gasteiger partial charge in [0.05, 0.1) is 0 Å². The summed E-state index contributed by atoms with van der Waals surface area (Å²) in [4.78, 5) is 0. The van der Waals surface area contributed by atoms with Crippen LogP contribution in [0.3, 0.4) is 0 Å². The fourth-order valence-corrected chi connectivity index (χ4v) is 2.79. The predicted molar refractivity (Wildman–Crippen MR) is 77.8 cm³/mol. The van der Waals surface area contributed by atoms with Crippen molar-refractivity contribution in [3.05, 3.63) is 27.3 Å². The molecule has 0 bridgehead atoms. The molecule has 2 rings (SSSR count). The zero-order valence-electron chi connectivity index (χ0n) is 9.67. The monoisotopic (exact) mass is 330 g/mol. The molecule has 0 saturated heterocycles. The van der Waals surface area contributed by atoms with Crippen LogP contribution in [0.1, 0.15) is 31.2 Å². The summed E-state index contributed by atoms with van der Waals surface area (Å²) in [6.45, 7) is 2.14. The Kier molecular flexibility index (Phi) is 4.08. The van der Waals surface area contributed by atoms with Gasteiger partial charge in [-0.05, 0) is 72.9 Å². The number of nitrogens with two attached hydrogens (primary N) is 1. The number of hydrogen-bond donors (Lipinski definition) is 2. The molecule has 88 valence electrons. The minimum Gasteiger partial charge on any atom is -0.382 e. The molecule has 0 radical (unpaired) electrons. The van der Waals surface area contributed by atoms with Gasteiger partial charge in [0.15, 0.2) is 0 Å². The predicted octanol–water partition coefficient (Wildman–Crippen LogP) is 3.28. The Bertz CT molecular complexity index is 365. The second-order valence-corrected chi connectivity index (χ2v) is 5.89. The molecule has 1 aliphatic rings. The van der Waals surface area contributed by atoms with Gasteiger partial charge in [-0.25, -0.2) is 0 Å². The molecule has 3 heteroatoms. The Hall–Kier alpha value is -0.290. The number of rotatable bonds is 2. The molecule has 16 heavy (non-hydrogen) atoms. The third kappa shape index (κ3) is 3.10. The fraction of sp³-hybridized carbons (Fsp3) is 0.538. The van der Waals surface area contributed by atoms with E-state index in [0.29, 0.717) is 12.1 Å². The van der Waals surface area contributed by atoms with Crippen molar-refractivity contribution in [1.29, 1.82) is 0 Å². The van der Waals surface area contributed by atoms with Crippen LogP contribution in [0.15, 0.2) is 18.2 Å². The Balaban J connectivity index is 2.00. The van der Waals surface area contributed by atoms with Crippen molar-refractivity contribution < 1.29 is 0 Å². The number of halogens is 1. The molecule has 0 spiro atoms. The molecule has 1 aliphatic carbocycles. The molecule has 1 saturated carbocycles. The molecule has 0 aliphatic heterocycles. The molecule has 1 aromatic rings. The maximum Gasteiger partial charge on any atom is 0.0353 e. The Morgan fingerprint density at radius 1 is 1.38 bits per heavy atom. The van der Waals surface area contributed by atoms with Crippen molar-refractivity contribution >= 4 is 28.3 Å². The SMILES string of the molecule is Cc1ccc(NC2CCCC(N)C2)cc1I. The maximum atomic E-state index is 5.99. The van der Waals surface area contributed by atoms with Crippen molar-refractivity contribution in [2.75, 3.05) is 5.32 Å². The van der Waals surface area contributed by atoms with Gasteiger partial charge in [0, 0.05) is 21.3 Å². The first-order valence-electron chi connectivity index (χ1n) is 5.93. The van der Waals surface area contributed by atoms with E-state index in [-0.39, 0.29) is 0 Å². The fourth-order valence-electron chi connectivity index (χ4n) is 2.28. The summed E-state index contributed by atoms with van der Waals surface area (Å²) in [6, 6.07) is 7.50. The van der Waals surface area contributed by atoms with Crippen molar-refractivity contribution in [2.24, 2.45) is 5.73 Å². The average Bonchev–Trinajstić information content (AvgIpc) is 2.24. The molecule has 2 nitrogen and oxygen atoms in total. The number of hydrogen-bond acceptors (Lipinski definition) is 2. The third-order valence-corrected chi connectivity index (χ3v) is 4.42. The van der Waals surface area contributed by atoms with Gasteiger partial charge < -0.3 is 11.1 Å². The van der Waals surface area contributed by atoms with Gasteiger partial charge >= 0.3 is 0 Å². The Morgan fingerprint density at radius 2 is 2.19 bits per heavy atom. The summed E-state index contributed by atoms with van der Waals surface area (Å²) in [5, 5.41) is 3.59. The van der Waals surface area contributed by atoms with Crippen LogP contribution in [0.4, 0.5) is 5.69 Å². The lowest BCUT2D eigenvalue weighted by Gasteiger charge is -2.28. The smallest absolute Gasteiger partial charge is 0.0353 e. The lowest BCUT2D eigenvalue weighted by molar-refractivity contribution is 0.409. The van der Waals surface area contributed by atoms with Gasteiger partial charge in [-0.2, -0.15) is 0 Å². The highest BCUT2D eigenvalue weighted by Gasteiger charge is 2.18. The van der Waals surface area contributed by atoms with Gasteiger partial charge in [0.25, 0.3) is 0 Å². The second kappa shape index (κ2) is 5.36. The molecule has 2 atom stereocenters. The third-order valence-electron chi connectivity index (χ3n) is 3.26. The molecule has 2 unspecified atom stereocenters. The number of nitrogens with one attached hydrogen (secondary N) is 1. The van der Waals surface area contributed by atoms with Crippen LogP contribution in [0.2, 0.25) is 0 Å². The van der Waals surface area contributed by atoms with E-state index in [1.807, 2.05) is 0 Å². The molecule has 1 aromatic carbocycles. The Morgan fingerprint density at radius 3 is 2.88 bits per heavy atom. The van der Waals surface area contributed by atoms with Crippen LogP contribution in [-0.2, 0) is 0 Å². The van der Waals surface area contributed by atoms with Crippen molar-refractivity contribution in [3.63, 3.8) is 0 Å². The minimum atomic E-state index is 0.385. The van der Waals surface area contributed by atoms with Crippen LogP contribution in [0, 0.1) is 10.5 Å². The van der Waals surface area contributed by atoms with Crippen molar-refractivity contribution in [3.8, 4) is 0 Å². The zero-order valence-corrected chi connectivity index (χ0v) is 11.8. The van der Waals surface area contributed by atoms with E-state index < -0.39 is 0 Å². The second-order valence-electron chi connectivity index (χ2n) is 4.73. The van der Waals surface area contributed by atoms with Crippen LogP contribution in [0.5, 0.6) is 0 Å². The van der Waals surface area contributed by atoms with E-state index in [4.69, 9.17) is 5.73 Å². The summed E-state index contributed by atoms with van der Waals surface area (Å²) in [5.74, 6) is 0. The maximum absolute atomic E-state index is 5.99. The largest absolute Gasteiger partial charge is 0.382 e. The van der Waals surface area contributed by atoms with Gasteiger partial charge in [-0.3, -0.25) is 0 Å². The van der Waals surface area contributed by atoms with E-state index in [1.54, 1.807) is 0 Å². The van der Waals surface area contributed by atoms with E-state index in [9.17, 15) is 0 Å². The molecule has 0 aromatic heterocycles. The number of benzene rings is 1. The highest BCUT2D eigenvalue weighted by Crippen LogP contribution is 2.23. The van der Waals surface area contributed by atoms with Crippen LogP contribution < -0.4 is 11.1 Å². The highest BCUT2D eigenvalue weighted by atomic mass is 127. The number of aryl methyl sites for hydroxylation is 1. The van der Waals surface area contributed by atoms with E-state index in [2.05, 4.69) is 53.0 Å². The molecular formula is C13H19IN2. The lowest BCUT2D eigenvalue weighted by atomic mass is 9.91. The van der Waals surface area contributed by atoms with E-state index in [1.165, 1.54) is 34.1 Å². The van der Waals surface area contributed by atoms with Crippen molar-refractivity contribution in [2.45, 2.75) is 44.7 Å². The quantitative estimate of drug-likeness (QED) is 0.817. The van der Waals surface area contributed by atoms with Crippen LogP contribution >= 0.6 is 22.6 Å². The normalized spacial score (nSPS) is 25.4. The molecule has 0 amide bonds. The molecular weight excluding hydrogens is 311 g/mol. The van der Waals surface area contributed by atoms with Crippen LogP contribution in [-0.4, -0.2) is 12.1 Å². The lowest BCUT2D eigenvalue weighted by Crippen LogP contribution is -2.34. The zero-order chi connectivity index (χ0) is 11.5. The minimum absolute atomic E-state index is 0.385. The van der Waals surface area contributed by atoms with Gasteiger partial charge in [-0.15, -0.1) is 0 Å². The first-order valence-corrected chi connectivity index (χ1v) is 7.01. The summed E-state index contributed by atoms with van der Waals surface area (Å²) >= 11 is 2.38. The summed E-state index contributed by atoms with van der Waals surface area (Å²) < 4.78 is 1.32. The summed E-state index contributed by atoms with van der Waals surface area (Å²) in [6.07, 6.45) is 4.79. The van der Waals surface area contributed by atoms with E-state index >= 15 is 0 Å². The van der Waals surface area contributed by atoms with Crippen molar-refractivity contribution in [1.82, 2.24) is 0 Å². The van der Waals surface area contributed by atoms with Gasteiger partial charge in [-0.1, -0.05) is 6.07 Å².